The Morgan fingerprint density at radius 2 is 1.79 bits per heavy atom. The molecule has 8 atom stereocenters. The lowest BCUT2D eigenvalue weighted by atomic mass is 9.44. The molecule has 3 heteroatoms. The molecule has 0 amide bonds. The average molecular weight is 397 g/mol. The lowest BCUT2D eigenvalue weighted by Gasteiger charge is -2.62. The molecule has 1 N–H and O–H groups in total. The maximum absolute atomic E-state index is 13.0. The maximum atomic E-state index is 13.0. The van der Waals surface area contributed by atoms with Gasteiger partial charge in [-0.05, 0) is 92.1 Å². The third-order valence-corrected chi connectivity index (χ3v) is 9.68. The van der Waals surface area contributed by atoms with E-state index in [2.05, 4.69) is 13.8 Å². The van der Waals surface area contributed by atoms with Crippen LogP contribution in [0.15, 0.2) is 30.3 Å². The van der Waals surface area contributed by atoms with Crippen molar-refractivity contribution in [2.45, 2.75) is 83.8 Å². The molecule has 0 spiro atoms. The monoisotopic (exact) mass is 396 g/mol. The van der Waals surface area contributed by atoms with Crippen molar-refractivity contribution in [3.63, 3.8) is 0 Å². The van der Waals surface area contributed by atoms with Crippen molar-refractivity contribution >= 4 is 5.97 Å². The van der Waals surface area contributed by atoms with Crippen LogP contribution in [0.3, 0.4) is 0 Å². The normalized spacial score (nSPS) is 46.3. The minimum Gasteiger partial charge on any atom is -0.458 e. The second kappa shape index (κ2) is 7.11. The van der Waals surface area contributed by atoms with Crippen molar-refractivity contribution in [3.05, 3.63) is 35.9 Å². The molecule has 158 valence electrons. The molecule has 4 aliphatic rings. The zero-order chi connectivity index (χ0) is 20.2. The van der Waals surface area contributed by atoms with Crippen LogP contribution >= 0.6 is 0 Å². The molecular weight excluding hydrogens is 360 g/mol. The van der Waals surface area contributed by atoms with Crippen molar-refractivity contribution < 1.29 is 14.6 Å². The third-order valence-electron chi connectivity index (χ3n) is 9.68. The van der Waals surface area contributed by atoms with Crippen LogP contribution < -0.4 is 0 Å². The predicted octanol–water partition coefficient (Wildman–Crippen LogP) is 5.62. The van der Waals surface area contributed by atoms with Crippen LogP contribution in [0.5, 0.6) is 0 Å². The summed E-state index contributed by atoms with van der Waals surface area (Å²) in [6.45, 7) is 4.99. The molecule has 3 nitrogen and oxygen atoms in total. The van der Waals surface area contributed by atoms with Gasteiger partial charge in [0.05, 0.1) is 11.7 Å². The third kappa shape index (κ3) is 3.15. The van der Waals surface area contributed by atoms with Crippen molar-refractivity contribution in [1.82, 2.24) is 0 Å². The van der Waals surface area contributed by atoms with E-state index in [1.165, 1.54) is 32.1 Å². The molecule has 5 rings (SSSR count). The molecule has 1 aromatic rings. The van der Waals surface area contributed by atoms with E-state index < -0.39 is 0 Å². The van der Waals surface area contributed by atoms with Gasteiger partial charge in [-0.1, -0.05) is 38.5 Å². The highest BCUT2D eigenvalue weighted by atomic mass is 16.5. The van der Waals surface area contributed by atoms with Gasteiger partial charge in [-0.15, -0.1) is 0 Å². The number of aliphatic hydroxyl groups is 1. The van der Waals surface area contributed by atoms with E-state index >= 15 is 0 Å². The van der Waals surface area contributed by atoms with Gasteiger partial charge in [0.25, 0.3) is 0 Å². The first kappa shape index (κ1) is 19.6. The first-order chi connectivity index (χ1) is 13.9. The number of hydrogen-bond acceptors (Lipinski definition) is 3. The minimum absolute atomic E-state index is 0.00111. The average Bonchev–Trinajstić information content (AvgIpc) is 3.11. The van der Waals surface area contributed by atoms with Crippen LogP contribution in [0.4, 0.5) is 0 Å². The van der Waals surface area contributed by atoms with Gasteiger partial charge < -0.3 is 9.84 Å². The molecular formula is C26H36O3. The van der Waals surface area contributed by atoms with Gasteiger partial charge in [-0.3, -0.25) is 0 Å². The SMILES string of the molecule is C[C@]12CCC[C@@H]1[C@H]1[C@@H](CC2)[C@]2(C)CC[C@@H](O)C[C@@H]2C[C@H]1OC(=O)c1ccccc1. The molecule has 0 radical (unpaired) electrons. The molecule has 0 heterocycles. The van der Waals surface area contributed by atoms with Crippen molar-refractivity contribution in [2.75, 3.05) is 0 Å². The molecule has 0 saturated heterocycles. The van der Waals surface area contributed by atoms with Crippen molar-refractivity contribution in [2.24, 2.45) is 34.5 Å². The first-order valence-electron chi connectivity index (χ1n) is 11.8. The minimum atomic E-state index is -0.185. The van der Waals surface area contributed by atoms with E-state index in [1.807, 2.05) is 30.3 Å². The second-order valence-electron chi connectivity index (χ2n) is 11.1. The first-order valence-corrected chi connectivity index (χ1v) is 11.8. The Morgan fingerprint density at radius 3 is 2.59 bits per heavy atom. The number of aliphatic hydroxyl groups excluding tert-OH is 1. The summed E-state index contributed by atoms with van der Waals surface area (Å²) in [5.41, 5.74) is 1.38. The predicted molar refractivity (Wildman–Crippen MR) is 113 cm³/mol. The number of fused-ring (bicyclic) bond motifs is 5. The molecule has 0 aliphatic heterocycles. The van der Waals surface area contributed by atoms with Gasteiger partial charge in [0.2, 0.25) is 0 Å². The van der Waals surface area contributed by atoms with Crippen LogP contribution in [-0.2, 0) is 4.74 Å². The molecule has 29 heavy (non-hydrogen) atoms. The fraction of sp³-hybridized carbons (Fsp3) is 0.731. The summed E-state index contributed by atoms with van der Waals surface area (Å²) in [6, 6.07) is 9.47. The topological polar surface area (TPSA) is 46.5 Å². The Morgan fingerprint density at radius 1 is 1.00 bits per heavy atom. The molecule has 4 saturated carbocycles. The highest BCUT2D eigenvalue weighted by Gasteiger charge is 2.61. The van der Waals surface area contributed by atoms with E-state index in [-0.39, 0.29) is 18.2 Å². The largest absolute Gasteiger partial charge is 0.458 e. The Labute approximate surface area is 175 Å². The molecule has 4 aliphatic carbocycles. The zero-order valence-corrected chi connectivity index (χ0v) is 18.0. The van der Waals surface area contributed by atoms with Crippen LogP contribution in [-0.4, -0.2) is 23.3 Å². The van der Waals surface area contributed by atoms with Crippen LogP contribution in [0.2, 0.25) is 0 Å². The summed E-state index contributed by atoms with van der Waals surface area (Å²) in [6.07, 6.45) is 10.2. The van der Waals surface area contributed by atoms with Crippen molar-refractivity contribution in [3.8, 4) is 0 Å². The van der Waals surface area contributed by atoms with E-state index in [9.17, 15) is 9.90 Å². The van der Waals surface area contributed by atoms with E-state index in [0.29, 0.717) is 40.1 Å². The lowest BCUT2D eigenvalue weighted by molar-refractivity contribution is -0.169. The summed E-state index contributed by atoms with van der Waals surface area (Å²) in [5.74, 6) is 2.09. The van der Waals surface area contributed by atoms with Gasteiger partial charge in [0.15, 0.2) is 0 Å². The van der Waals surface area contributed by atoms with Crippen LogP contribution in [0.25, 0.3) is 0 Å². The van der Waals surface area contributed by atoms with Gasteiger partial charge in [-0.2, -0.15) is 0 Å². The molecule has 1 aromatic carbocycles. The van der Waals surface area contributed by atoms with E-state index in [4.69, 9.17) is 4.74 Å². The fourth-order valence-electron chi connectivity index (χ4n) is 8.07. The number of hydrogen-bond donors (Lipinski definition) is 1. The van der Waals surface area contributed by atoms with Gasteiger partial charge >= 0.3 is 5.97 Å². The number of rotatable bonds is 2. The van der Waals surface area contributed by atoms with Crippen LogP contribution in [0.1, 0.15) is 82.0 Å². The van der Waals surface area contributed by atoms with Gasteiger partial charge in [-0.25, -0.2) is 4.79 Å². The van der Waals surface area contributed by atoms with E-state index in [1.54, 1.807) is 0 Å². The van der Waals surface area contributed by atoms with E-state index in [0.717, 1.165) is 25.7 Å². The molecule has 4 fully saturated rings. The Balaban J connectivity index is 1.48. The smallest absolute Gasteiger partial charge is 0.338 e. The highest BCUT2D eigenvalue weighted by Crippen LogP contribution is 2.66. The van der Waals surface area contributed by atoms with Crippen LogP contribution in [0, 0.1) is 34.5 Å². The molecule has 0 unspecified atom stereocenters. The zero-order valence-electron chi connectivity index (χ0n) is 18.0. The fourth-order valence-corrected chi connectivity index (χ4v) is 8.07. The highest BCUT2D eigenvalue weighted by molar-refractivity contribution is 5.89. The summed E-state index contributed by atoms with van der Waals surface area (Å²) in [5, 5.41) is 10.4. The maximum Gasteiger partial charge on any atom is 0.338 e. The number of carbonyl (C=O) groups is 1. The number of carbonyl (C=O) groups excluding carboxylic acids is 1. The summed E-state index contributed by atoms with van der Waals surface area (Å²) in [4.78, 5) is 13.0. The quantitative estimate of drug-likeness (QED) is 0.660. The lowest BCUT2D eigenvalue weighted by Crippen LogP contribution is -2.58. The summed E-state index contributed by atoms with van der Waals surface area (Å²) in [7, 11) is 0. The number of benzene rings is 1. The Bertz CT molecular complexity index is 760. The standard InChI is InChI=1S/C26H36O3/c1-25-12-6-9-20(25)23-21(11-13-25)26(2)14-10-19(27)15-18(26)16-22(23)29-24(28)17-7-4-3-5-8-17/h3-5,7-8,18-23,27H,6,9-16H2,1-2H3/t18-,19-,20-,21-,22-,23+,25-,26-/m1/s1. The summed E-state index contributed by atoms with van der Waals surface area (Å²) >= 11 is 0. The van der Waals surface area contributed by atoms with Gasteiger partial charge in [0, 0.05) is 5.92 Å². The second-order valence-corrected chi connectivity index (χ2v) is 11.1. The Kier molecular flexibility index (Phi) is 4.81. The Hall–Kier alpha value is -1.35. The number of ether oxygens (including phenoxy) is 1. The molecule has 0 bridgehead atoms. The summed E-state index contributed by atoms with van der Waals surface area (Å²) < 4.78 is 6.31. The molecule has 0 aromatic heterocycles. The number of esters is 1. The van der Waals surface area contributed by atoms with Gasteiger partial charge in [0.1, 0.15) is 6.10 Å². The van der Waals surface area contributed by atoms with Crippen molar-refractivity contribution in [1.29, 1.82) is 0 Å².